The molecular formula is C20H23NO3. The van der Waals surface area contributed by atoms with Gasteiger partial charge in [0, 0.05) is 13.7 Å². The molecule has 1 amide bonds. The summed E-state index contributed by atoms with van der Waals surface area (Å²) in [6, 6.07) is 10.1. The Morgan fingerprint density at radius 2 is 2.12 bits per heavy atom. The third-order valence-electron chi connectivity index (χ3n) is 4.58. The molecule has 1 fully saturated rings. The molecule has 3 rings (SSSR count). The Bertz CT molecular complexity index is 650. The van der Waals surface area contributed by atoms with Crippen LogP contribution in [0.3, 0.4) is 0 Å². The van der Waals surface area contributed by atoms with E-state index < -0.39 is 5.60 Å². The van der Waals surface area contributed by atoms with Crippen LogP contribution in [0.1, 0.15) is 12.0 Å². The molecule has 3 atom stereocenters. The molecule has 1 N–H and O–H groups in total. The third-order valence-corrected chi connectivity index (χ3v) is 4.58. The number of hydrogen-bond acceptors (Lipinski definition) is 3. The maximum Gasteiger partial charge on any atom is 0.229 e. The van der Waals surface area contributed by atoms with Gasteiger partial charge in [0.15, 0.2) is 0 Å². The average Bonchev–Trinajstić information content (AvgIpc) is 3.02. The summed E-state index contributed by atoms with van der Waals surface area (Å²) >= 11 is 0. The number of hydrogen-bond donors (Lipinski definition) is 1. The highest BCUT2D eigenvalue weighted by atomic mass is 16.5. The van der Waals surface area contributed by atoms with E-state index in [-0.39, 0.29) is 17.9 Å². The monoisotopic (exact) mass is 325 g/mol. The molecule has 126 valence electrons. The molecule has 1 heterocycles. The van der Waals surface area contributed by atoms with Crippen LogP contribution in [0.5, 0.6) is 0 Å². The fraction of sp³-hybridized carbons (Fsp3) is 0.350. The minimum atomic E-state index is -0.656. The van der Waals surface area contributed by atoms with Crippen molar-refractivity contribution < 1.29 is 14.3 Å². The molecule has 0 bridgehead atoms. The van der Waals surface area contributed by atoms with Gasteiger partial charge in [0.05, 0.1) is 18.6 Å². The third kappa shape index (κ3) is 3.50. The van der Waals surface area contributed by atoms with E-state index in [2.05, 4.69) is 5.32 Å². The first-order chi connectivity index (χ1) is 11.7. The molecule has 24 heavy (non-hydrogen) atoms. The summed E-state index contributed by atoms with van der Waals surface area (Å²) < 4.78 is 11.7. The standard InChI is InChI=1S/C20H23NO3/c1-23-17-15-21-19(22)18(17)20(12-6-3-7-13-20)24-14-8-11-16-9-4-2-5-10-16/h2-12,17-18H,13-15H2,1H3,(H,21,22). The molecule has 3 unspecified atom stereocenters. The van der Waals surface area contributed by atoms with Crippen LogP contribution in [0.2, 0.25) is 0 Å². The molecule has 0 aromatic heterocycles. The summed E-state index contributed by atoms with van der Waals surface area (Å²) in [5, 5.41) is 2.89. The first-order valence-corrected chi connectivity index (χ1v) is 8.25. The van der Waals surface area contributed by atoms with E-state index in [1.165, 1.54) is 0 Å². The lowest BCUT2D eigenvalue weighted by atomic mass is 9.79. The van der Waals surface area contributed by atoms with E-state index >= 15 is 0 Å². The molecule has 0 spiro atoms. The van der Waals surface area contributed by atoms with Gasteiger partial charge in [-0.15, -0.1) is 0 Å². The van der Waals surface area contributed by atoms with Gasteiger partial charge in [-0.1, -0.05) is 66.8 Å². The molecule has 4 heteroatoms. The number of benzene rings is 1. The molecule has 1 aliphatic carbocycles. The van der Waals surface area contributed by atoms with Gasteiger partial charge < -0.3 is 14.8 Å². The minimum absolute atomic E-state index is 0.00570. The summed E-state index contributed by atoms with van der Waals surface area (Å²) in [6.07, 6.45) is 12.5. The van der Waals surface area contributed by atoms with E-state index in [9.17, 15) is 4.79 Å². The summed E-state index contributed by atoms with van der Waals surface area (Å²) in [5.74, 6) is -0.345. The van der Waals surface area contributed by atoms with Gasteiger partial charge in [0.2, 0.25) is 5.91 Å². The second kappa shape index (κ2) is 7.60. The second-order valence-corrected chi connectivity index (χ2v) is 6.07. The van der Waals surface area contributed by atoms with Crippen molar-refractivity contribution in [3.05, 3.63) is 66.3 Å². The zero-order valence-electron chi connectivity index (χ0n) is 13.9. The average molecular weight is 325 g/mol. The highest BCUT2D eigenvalue weighted by Crippen LogP contribution is 2.36. The van der Waals surface area contributed by atoms with Gasteiger partial charge in [0.25, 0.3) is 0 Å². The highest BCUT2D eigenvalue weighted by molar-refractivity contribution is 5.83. The van der Waals surface area contributed by atoms with Crippen LogP contribution in [-0.4, -0.2) is 37.9 Å². The summed E-state index contributed by atoms with van der Waals surface area (Å²) in [5.41, 5.74) is 0.472. The van der Waals surface area contributed by atoms with Crippen molar-refractivity contribution in [1.82, 2.24) is 5.32 Å². The number of allylic oxidation sites excluding steroid dienone is 2. The van der Waals surface area contributed by atoms with Crippen molar-refractivity contribution >= 4 is 12.0 Å². The van der Waals surface area contributed by atoms with Gasteiger partial charge in [0.1, 0.15) is 5.60 Å². The lowest BCUT2D eigenvalue weighted by Crippen LogP contribution is -2.47. The Kier molecular flexibility index (Phi) is 5.28. The normalized spacial score (nSPS) is 29.3. The number of carbonyl (C=O) groups excluding carboxylic acids is 1. The van der Waals surface area contributed by atoms with Crippen molar-refractivity contribution in [3.63, 3.8) is 0 Å². The largest absolute Gasteiger partial charge is 0.379 e. The van der Waals surface area contributed by atoms with Gasteiger partial charge in [-0.3, -0.25) is 4.79 Å². The van der Waals surface area contributed by atoms with Crippen molar-refractivity contribution in [2.24, 2.45) is 5.92 Å². The van der Waals surface area contributed by atoms with Crippen molar-refractivity contribution in [2.75, 3.05) is 20.3 Å². The molecule has 1 aromatic carbocycles. The van der Waals surface area contributed by atoms with Crippen LogP contribution >= 0.6 is 0 Å². The predicted molar refractivity (Wildman–Crippen MR) is 94.4 cm³/mol. The lowest BCUT2D eigenvalue weighted by molar-refractivity contribution is -0.136. The van der Waals surface area contributed by atoms with Crippen LogP contribution in [0.15, 0.2) is 60.7 Å². The van der Waals surface area contributed by atoms with Gasteiger partial charge in [-0.2, -0.15) is 0 Å². The maximum absolute atomic E-state index is 12.4. The fourth-order valence-electron chi connectivity index (χ4n) is 3.35. The quantitative estimate of drug-likeness (QED) is 0.875. The zero-order chi connectivity index (χ0) is 16.8. The Balaban J connectivity index is 1.72. The number of rotatable bonds is 6. The fourth-order valence-corrected chi connectivity index (χ4v) is 3.35. The van der Waals surface area contributed by atoms with Crippen molar-refractivity contribution in [2.45, 2.75) is 18.1 Å². The van der Waals surface area contributed by atoms with Crippen LogP contribution in [0, 0.1) is 5.92 Å². The highest BCUT2D eigenvalue weighted by Gasteiger charge is 2.50. The van der Waals surface area contributed by atoms with Crippen molar-refractivity contribution in [1.29, 1.82) is 0 Å². The topological polar surface area (TPSA) is 47.6 Å². The van der Waals surface area contributed by atoms with E-state index in [1.807, 2.05) is 66.8 Å². The minimum Gasteiger partial charge on any atom is -0.379 e. The second-order valence-electron chi connectivity index (χ2n) is 6.07. The van der Waals surface area contributed by atoms with Crippen LogP contribution < -0.4 is 5.32 Å². The smallest absolute Gasteiger partial charge is 0.229 e. The predicted octanol–water partition coefficient (Wildman–Crippen LogP) is 2.73. The number of ether oxygens (including phenoxy) is 2. The summed E-state index contributed by atoms with van der Waals surface area (Å²) in [6.45, 7) is 0.968. The number of amides is 1. The maximum atomic E-state index is 12.4. The Morgan fingerprint density at radius 1 is 1.29 bits per heavy atom. The van der Waals surface area contributed by atoms with Crippen molar-refractivity contribution in [3.8, 4) is 0 Å². The lowest BCUT2D eigenvalue weighted by Gasteiger charge is -2.37. The first kappa shape index (κ1) is 16.7. The summed E-state index contributed by atoms with van der Waals surface area (Å²) in [4.78, 5) is 12.4. The number of carbonyl (C=O) groups is 1. The Morgan fingerprint density at radius 3 is 2.83 bits per heavy atom. The van der Waals surface area contributed by atoms with Crippen LogP contribution in [0.25, 0.3) is 6.08 Å². The molecular weight excluding hydrogens is 302 g/mol. The molecule has 4 nitrogen and oxygen atoms in total. The number of nitrogens with one attached hydrogen (secondary N) is 1. The molecule has 0 saturated carbocycles. The van der Waals surface area contributed by atoms with Crippen LogP contribution in [-0.2, 0) is 14.3 Å². The SMILES string of the molecule is COC1CNC(=O)C1C1(OCC=Cc2ccccc2)C=CC=CC1. The molecule has 1 aliphatic heterocycles. The first-order valence-electron chi connectivity index (χ1n) is 8.25. The Labute approximate surface area is 142 Å². The molecule has 1 saturated heterocycles. The Hall–Kier alpha value is -2.17. The van der Waals surface area contributed by atoms with Gasteiger partial charge in [-0.25, -0.2) is 0 Å². The number of methoxy groups -OCH3 is 1. The van der Waals surface area contributed by atoms with E-state index in [1.54, 1.807) is 7.11 Å². The molecule has 1 aromatic rings. The molecule has 0 radical (unpaired) electrons. The van der Waals surface area contributed by atoms with E-state index in [0.29, 0.717) is 19.6 Å². The van der Waals surface area contributed by atoms with Gasteiger partial charge >= 0.3 is 0 Å². The zero-order valence-corrected chi connectivity index (χ0v) is 13.9. The summed E-state index contributed by atoms with van der Waals surface area (Å²) in [7, 11) is 1.64. The van der Waals surface area contributed by atoms with E-state index in [0.717, 1.165) is 5.56 Å². The van der Waals surface area contributed by atoms with E-state index in [4.69, 9.17) is 9.47 Å². The molecule has 2 aliphatic rings. The van der Waals surface area contributed by atoms with Crippen LogP contribution in [0.4, 0.5) is 0 Å². The van der Waals surface area contributed by atoms with Gasteiger partial charge in [-0.05, 0) is 12.0 Å².